The van der Waals surface area contributed by atoms with Crippen molar-refractivity contribution in [2.24, 2.45) is 23.2 Å². The fraction of sp³-hybridized carbons (Fsp3) is 1.00. The average molecular weight is 296 g/mol. The summed E-state index contributed by atoms with van der Waals surface area (Å²) < 4.78 is 12.2. The third-order valence-electron chi connectivity index (χ3n) is 5.62. The van der Waals surface area contributed by atoms with Gasteiger partial charge in [0.25, 0.3) is 0 Å². The third kappa shape index (κ3) is 3.31. The van der Waals surface area contributed by atoms with Gasteiger partial charge in [-0.25, -0.2) is 0 Å². The zero-order valence-electron chi connectivity index (χ0n) is 13.3. The van der Waals surface area contributed by atoms with Crippen LogP contribution in [0.2, 0.25) is 6.04 Å². The van der Waals surface area contributed by atoms with Gasteiger partial charge in [-0.2, -0.15) is 0 Å². The van der Waals surface area contributed by atoms with Crippen LogP contribution >= 0.6 is 0 Å². The molecular formula is C17H31O2Si. The lowest BCUT2D eigenvalue weighted by atomic mass is 9.50. The van der Waals surface area contributed by atoms with Crippen molar-refractivity contribution in [1.82, 2.24) is 0 Å². The van der Waals surface area contributed by atoms with Gasteiger partial charge in [0.15, 0.2) is 0 Å². The van der Waals surface area contributed by atoms with Crippen LogP contribution in [0.4, 0.5) is 0 Å². The Hall–Kier alpha value is 0.137. The monoisotopic (exact) mass is 295 g/mol. The summed E-state index contributed by atoms with van der Waals surface area (Å²) in [5, 5.41) is 0. The molecule has 0 atom stereocenters. The molecule has 0 spiro atoms. The van der Waals surface area contributed by atoms with Crippen molar-refractivity contribution in [2.45, 2.75) is 71.3 Å². The first-order chi connectivity index (χ1) is 9.73. The fourth-order valence-electron chi connectivity index (χ4n) is 5.39. The first-order valence-corrected chi connectivity index (χ1v) is 10.4. The maximum absolute atomic E-state index is 6.11. The number of rotatable bonds is 8. The standard InChI is InChI=1S/C17H31O2Si/c1-3-5-18-20(19-6-4-2)13-17-10-14-7-15(11-17)9-16(8-14)12-17/h14-16H,3-13H2,1-2H3. The van der Waals surface area contributed by atoms with Crippen molar-refractivity contribution < 1.29 is 8.85 Å². The lowest BCUT2D eigenvalue weighted by molar-refractivity contribution is -0.0455. The highest BCUT2D eigenvalue weighted by Crippen LogP contribution is 2.61. The van der Waals surface area contributed by atoms with E-state index in [2.05, 4.69) is 13.8 Å². The molecule has 4 rings (SSSR count). The van der Waals surface area contributed by atoms with Crippen LogP contribution in [0.5, 0.6) is 0 Å². The normalized spacial score (nSPS) is 38.9. The minimum absolute atomic E-state index is 0.616. The van der Waals surface area contributed by atoms with E-state index in [4.69, 9.17) is 8.85 Å². The molecule has 0 N–H and O–H groups in total. The molecule has 4 bridgehead atoms. The molecule has 0 amide bonds. The molecule has 4 aliphatic rings. The van der Waals surface area contributed by atoms with Gasteiger partial charge < -0.3 is 8.85 Å². The summed E-state index contributed by atoms with van der Waals surface area (Å²) in [5.74, 6) is 3.13. The zero-order valence-corrected chi connectivity index (χ0v) is 14.3. The van der Waals surface area contributed by atoms with Crippen molar-refractivity contribution in [3.05, 3.63) is 0 Å². The van der Waals surface area contributed by atoms with Crippen LogP contribution in [0.3, 0.4) is 0 Å². The van der Waals surface area contributed by atoms with Crippen LogP contribution < -0.4 is 0 Å². The van der Waals surface area contributed by atoms with E-state index in [1.165, 1.54) is 44.6 Å². The van der Waals surface area contributed by atoms with E-state index in [9.17, 15) is 0 Å². The topological polar surface area (TPSA) is 18.5 Å². The van der Waals surface area contributed by atoms with Crippen LogP contribution in [0.1, 0.15) is 65.2 Å². The lowest BCUT2D eigenvalue weighted by Crippen LogP contribution is -2.48. The molecule has 0 aliphatic heterocycles. The Bertz CT molecular complexity index is 275. The van der Waals surface area contributed by atoms with Crippen LogP contribution in [0.15, 0.2) is 0 Å². The summed E-state index contributed by atoms with van der Waals surface area (Å²) in [7, 11) is -1.03. The van der Waals surface area contributed by atoms with Crippen molar-refractivity contribution in [1.29, 1.82) is 0 Å². The molecule has 4 aliphatic carbocycles. The van der Waals surface area contributed by atoms with Gasteiger partial charge in [0.05, 0.1) is 0 Å². The maximum atomic E-state index is 6.11. The molecule has 2 nitrogen and oxygen atoms in total. The van der Waals surface area contributed by atoms with Gasteiger partial charge in [-0.3, -0.25) is 0 Å². The van der Waals surface area contributed by atoms with E-state index in [0.29, 0.717) is 5.41 Å². The highest BCUT2D eigenvalue weighted by atomic mass is 28.3. The van der Waals surface area contributed by atoms with E-state index >= 15 is 0 Å². The highest BCUT2D eigenvalue weighted by molar-refractivity contribution is 6.44. The van der Waals surface area contributed by atoms with E-state index in [0.717, 1.165) is 43.8 Å². The first-order valence-electron chi connectivity index (χ1n) is 8.84. The van der Waals surface area contributed by atoms with E-state index < -0.39 is 9.28 Å². The summed E-state index contributed by atoms with van der Waals surface area (Å²) >= 11 is 0. The largest absolute Gasteiger partial charge is 0.393 e. The minimum atomic E-state index is -1.03. The molecule has 0 aromatic heterocycles. The van der Waals surface area contributed by atoms with E-state index in [1.54, 1.807) is 0 Å². The van der Waals surface area contributed by atoms with Gasteiger partial charge in [0, 0.05) is 13.2 Å². The third-order valence-corrected chi connectivity index (χ3v) is 7.71. The summed E-state index contributed by atoms with van der Waals surface area (Å²) in [6.07, 6.45) is 11.3. The second kappa shape index (κ2) is 6.49. The van der Waals surface area contributed by atoms with Gasteiger partial charge in [-0.05, 0) is 80.6 Å². The molecule has 0 saturated heterocycles. The Morgan fingerprint density at radius 3 is 1.70 bits per heavy atom. The van der Waals surface area contributed by atoms with Gasteiger partial charge in [-0.1, -0.05) is 13.8 Å². The van der Waals surface area contributed by atoms with E-state index in [-0.39, 0.29) is 0 Å². The summed E-state index contributed by atoms with van der Waals surface area (Å²) in [4.78, 5) is 0. The van der Waals surface area contributed by atoms with Gasteiger partial charge in [-0.15, -0.1) is 0 Å². The fourth-order valence-corrected chi connectivity index (χ4v) is 7.58. The smallest absolute Gasteiger partial charge is 0.385 e. The number of hydrogen-bond acceptors (Lipinski definition) is 2. The van der Waals surface area contributed by atoms with Gasteiger partial charge in [0.2, 0.25) is 0 Å². The van der Waals surface area contributed by atoms with Gasteiger partial charge >= 0.3 is 9.28 Å². The maximum Gasteiger partial charge on any atom is 0.385 e. The van der Waals surface area contributed by atoms with Gasteiger partial charge in [0.1, 0.15) is 0 Å². The Kier molecular flexibility index (Phi) is 4.89. The SMILES string of the molecule is CCCO[Si](CC12CC3CC(CC(C3)C1)C2)OCCC. The summed E-state index contributed by atoms with van der Waals surface area (Å²) in [6, 6.07) is 1.27. The molecule has 4 fully saturated rings. The molecule has 4 saturated carbocycles. The highest BCUT2D eigenvalue weighted by Gasteiger charge is 2.52. The molecule has 0 heterocycles. The Balaban J connectivity index is 1.61. The van der Waals surface area contributed by atoms with Crippen LogP contribution in [0.25, 0.3) is 0 Å². The molecule has 20 heavy (non-hydrogen) atoms. The minimum Gasteiger partial charge on any atom is -0.393 e. The van der Waals surface area contributed by atoms with Crippen LogP contribution in [-0.2, 0) is 8.85 Å². The first kappa shape index (κ1) is 15.0. The molecule has 0 aromatic rings. The Morgan fingerprint density at radius 1 is 0.850 bits per heavy atom. The van der Waals surface area contributed by atoms with E-state index in [1.807, 2.05) is 0 Å². The van der Waals surface area contributed by atoms with Crippen molar-refractivity contribution >= 4 is 9.28 Å². The quantitative estimate of drug-likeness (QED) is 0.612. The zero-order chi connectivity index (χ0) is 14.0. The molecule has 1 radical (unpaired) electrons. The van der Waals surface area contributed by atoms with Crippen molar-refractivity contribution in [3.63, 3.8) is 0 Å². The molecule has 3 heteroatoms. The Morgan fingerprint density at radius 2 is 1.30 bits per heavy atom. The summed E-state index contributed by atoms with van der Waals surface area (Å²) in [5.41, 5.74) is 0.616. The van der Waals surface area contributed by atoms with Crippen LogP contribution in [0, 0.1) is 23.2 Å². The molecule has 115 valence electrons. The number of hydrogen-bond donors (Lipinski definition) is 0. The van der Waals surface area contributed by atoms with Crippen molar-refractivity contribution in [2.75, 3.05) is 13.2 Å². The van der Waals surface area contributed by atoms with Crippen LogP contribution in [-0.4, -0.2) is 22.5 Å². The Labute approximate surface area is 126 Å². The summed E-state index contributed by atoms with van der Waals surface area (Å²) in [6.45, 7) is 6.18. The second-order valence-electron chi connectivity index (χ2n) is 7.66. The predicted molar refractivity (Wildman–Crippen MR) is 83.7 cm³/mol. The second-order valence-corrected chi connectivity index (χ2v) is 9.34. The average Bonchev–Trinajstić information content (AvgIpc) is 2.40. The molecule has 0 unspecified atom stereocenters. The van der Waals surface area contributed by atoms with Crippen molar-refractivity contribution in [3.8, 4) is 0 Å². The molecular weight excluding hydrogens is 264 g/mol. The lowest BCUT2D eigenvalue weighted by Gasteiger charge is -2.57. The molecule has 0 aromatic carbocycles. The predicted octanol–water partition coefficient (Wildman–Crippen LogP) is 4.54.